The fraction of sp³-hybridized carbons (Fsp3) is 0.368. The standard InChI is InChI=1S/2C18H22N.2C17H20N.C17H22N/c2*1-13-8-9-17(14(2)10-13)18-11-15-6-4-5-7-16(15)12-19(18)3;2*1-12-7-8-16(13(2)9-12)17-10-14-5-4-6-15(14)11-18(17)3;1-6-15-11-18(5)17(10-13(15)3)16-8-7-12(2)9-14(16)4/h2*8-12H,4-7H2,1-3H3;2*7-11H,4-6H2,1-3H3;7-11H,6H2,1-5H3/q5*+1/i1D3,6D2,7D2;;1D3,5D2,6D2;;. The summed E-state index contributed by atoms with van der Waals surface area (Å²) in [5.41, 5.74) is 31.8. The lowest BCUT2D eigenvalue weighted by Gasteiger charge is -2.15. The van der Waals surface area contributed by atoms with Crippen molar-refractivity contribution in [3.05, 3.63) is 264 Å². The lowest BCUT2D eigenvalue weighted by atomic mass is 9.91. The van der Waals surface area contributed by atoms with E-state index < -0.39 is 39.2 Å². The first-order chi connectivity index (χ1) is 49.5. The van der Waals surface area contributed by atoms with Gasteiger partial charge in [0.15, 0.2) is 31.0 Å². The third-order valence-electron chi connectivity index (χ3n) is 18.8. The molecule has 10 aromatic rings. The Morgan fingerprint density at radius 1 is 0.293 bits per heavy atom. The summed E-state index contributed by atoms with van der Waals surface area (Å²) in [5, 5.41) is 0. The van der Waals surface area contributed by atoms with Crippen molar-refractivity contribution in [2.75, 3.05) is 0 Å². The molecule has 0 spiro atoms. The van der Waals surface area contributed by atoms with Gasteiger partial charge < -0.3 is 0 Å². The minimum absolute atomic E-state index is 0.136. The molecule has 474 valence electrons. The molecule has 5 heteroatoms. The summed E-state index contributed by atoms with van der Waals surface area (Å²) < 4.78 is 121. The van der Waals surface area contributed by atoms with Gasteiger partial charge in [-0.3, -0.25) is 0 Å². The van der Waals surface area contributed by atoms with Gasteiger partial charge in [0, 0.05) is 105 Å². The number of hydrogen-bond acceptors (Lipinski definition) is 0. The van der Waals surface area contributed by atoms with Crippen LogP contribution in [-0.2, 0) is 92.8 Å². The summed E-state index contributed by atoms with van der Waals surface area (Å²) >= 11 is 0. The number of aryl methyl sites for hydroxylation is 25. The van der Waals surface area contributed by atoms with E-state index in [0.29, 0.717) is 22.3 Å². The van der Waals surface area contributed by atoms with Crippen LogP contribution < -0.4 is 22.8 Å². The van der Waals surface area contributed by atoms with Crippen LogP contribution in [0.4, 0.5) is 0 Å². The Morgan fingerprint density at radius 2 is 0.587 bits per heavy atom. The average molecular weight is 1240 g/mol. The molecular weight excluding hydrogens is 1110 g/mol. The zero-order valence-electron chi connectivity index (χ0n) is 71.4. The molecule has 0 amide bonds. The predicted molar refractivity (Wildman–Crippen MR) is 384 cm³/mol. The Hall–Kier alpha value is -8.15. The lowest BCUT2D eigenvalue weighted by molar-refractivity contribution is -0.661. The summed E-state index contributed by atoms with van der Waals surface area (Å²) in [6.45, 7) is 16.8. The minimum atomic E-state index is -2.17. The first kappa shape index (κ1) is 50.4. The van der Waals surface area contributed by atoms with Crippen LogP contribution in [0.1, 0.15) is 176 Å². The van der Waals surface area contributed by atoms with Crippen LogP contribution >= 0.6 is 0 Å². The number of pyridine rings is 5. The molecule has 5 nitrogen and oxygen atoms in total. The molecule has 0 radical (unpaired) electrons. The second kappa shape index (κ2) is 29.6. The van der Waals surface area contributed by atoms with Crippen LogP contribution in [0.25, 0.3) is 56.3 Å². The third-order valence-corrected chi connectivity index (χ3v) is 18.8. The SMILES string of the molecule is CCc1c[n+](C)c(-c2ccc(C)cc2C)cc1C.Cc1ccc(-c2cc3c(c[n+]2C)CCC3)c(C)c1.Cc1ccc(-c2cc3c(c[n+]2C)CCCC3)c(C)c1.[2H]C([2H])([2H])c1ccc(-c2cc3c(c[n+]2C)C([2H])([2H])CC3([2H])[2H])c(C)c1.[2H]C([2H])([2H])c1ccc(-c2cc3c(c[n+]2C)C([2H])([2H])CCC3([2H])[2H])c(C)c1. The van der Waals surface area contributed by atoms with Crippen LogP contribution in [0.15, 0.2) is 152 Å². The van der Waals surface area contributed by atoms with E-state index in [1.54, 1.807) is 101 Å². The Morgan fingerprint density at radius 3 is 0.978 bits per heavy atom. The maximum atomic E-state index is 8.30. The van der Waals surface area contributed by atoms with Gasteiger partial charge in [-0.05, 0) is 258 Å². The third kappa shape index (κ3) is 15.7. The van der Waals surface area contributed by atoms with Crippen molar-refractivity contribution in [1.29, 1.82) is 0 Å². The number of benzene rings is 5. The second-order valence-electron chi connectivity index (χ2n) is 26.1. The predicted octanol–water partition coefficient (Wildman–Crippen LogP) is 17.6. The Kier molecular flexibility index (Phi) is 16.2. The normalized spacial score (nSPS) is 18.1. The minimum Gasteiger partial charge on any atom is -0.201 e. The van der Waals surface area contributed by atoms with E-state index in [-0.39, 0.29) is 30.4 Å². The monoisotopic (exact) mass is 1230 g/mol. The van der Waals surface area contributed by atoms with E-state index in [1.165, 1.54) is 129 Å². The molecule has 0 unspecified atom stereocenters. The van der Waals surface area contributed by atoms with E-state index in [1.807, 2.05) is 13.8 Å². The molecule has 0 fully saturated rings. The number of hydrogen-bond donors (Lipinski definition) is 0. The van der Waals surface area contributed by atoms with Crippen LogP contribution in [0.2, 0.25) is 0 Å². The van der Waals surface area contributed by atoms with Gasteiger partial charge >= 0.3 is 0 Å². The number of fused-ring (bicyclic) bond motifs is 4. The molecule has 0 saturated carbocycles. The highest BCUT2D eigenvalue weighted by Gasteiger charge is 2.25. The summed E-state index contributed by atoms with van der Waals surface area (Å²) in [4.78, 5) is 0. The van der Waals surface area contributed by atoms with Crippen LogP contribution in [0.5, 0.6) is 0 Å². The molecule has 4 aliphatic rings. The quantitative estimate of drug-likeness (QED) is 0.148. The molecule has 4 aliphatic carbocycles. The highest BCUT2D eigenvalue weighted by molar-refractivity contribution is 5.66. The number of nitrogens with zero attached hydrogens (tertiary/aromatic N) is 5. The smallest absolute Gasteiger partial charge is 0.201 e. The van der Waals surface area contributed by atoms with Crippen LogP contribution in [-0.4, -0.2) is 0 Å². The molecule has 0 N–H and O–H groups in total. The van der Waals surface area contributed by atoms with Gasteiger partial charge in [0.2, 0.25) is 28.5 Å². The molecule has 5 aromatic heterocycles. The maximum absolute atomic E-state index is 8.30. The summed E-state index contributed by atoms with van der Waals surface area (Å²) in [6.07, 6.45) is 13.8. The van der Waals surface area contributed by atoms with Crippen molar-refractivity contribution < 1.29 is 42.0 Å². The van der Waals surface area contributed by atoms with E-state index in [2.05, 4.69) is 182 Å². The summed E-state index contributed by atoms with van der Waals surface area (Å²) in [7, 11) is 10.0. The van der Waals surface area contributed by atoms with Gasteiger partial charge in [0.25, 0.3) is 0 Å². The highest BCUT2D eigenvalue weighted by Crippen LogP contribution is 2.32. The Balaban J connectivity index is 0.000000143. The van der Waals surface area contributed by atoms with Gasteiger partial charge in [-0.15, -0.1) is 0 Å². The molecule has 92 heavy (non-hydrogen) atoms. The van der Waals surface area contributed by atoms with Crippen molar-refractivity contribution in [3.63, 3.8) is 0 Å². The van der Waals surface area contributed by atoms with Gasteiger partial charge in [-0.1, -0.05) is 95.4 Å². The molecule has 0 saturated heterocycles. The van der Waals surface area contributed by atoms with Crippen LogP contribution in [0, 0.1) is 76.0 Å². The number of rotatable bonds is 6. The van der Waals surface area contributed by atoms with E-state index in [4.69, 9.17) is 19.2 Å². The van der Waals surface area contributed by atoms with Gasteiger partial charge in [0.05, 0.1) is 0 Å². The second-order valence-corrected chi connectivity index (χ2v) is 26.1. The van der Waals surface area contributed by atoms with Gasteiger partial charge in [-0.2, -0.15) is 0 Å². The Bertz CT molecular complexity index is 4980. The highest BCUT2D eigenvalue weighted by atomic mass is 14.9. The molecule has 14 rings (SSSR count). The maximum Gasteiger partial charge on any atom is 0.212 e. The fourth-order valence-corrected chi connectivity index (χ4v) is 13.7. The summed E-state index contributed by atoms with van der Waals surface area (Å²) in [6, 6.07) is 40.5. The van der Waals surface area contributed by atoms with Crippen molar-refractivity contribution in [3.8, 4) is 56.3 Å². The average Bonchev–Trinajstić information content (AvgIpc) is 1.60. The lowest BCUT2D eigenvalue weighted by Crippen LogP contribution is -2.32. The molecule has 0 atom stereocenters. The molecule has 5 aromatic carbocycles. The van der Waals surface area contributed by atoms with Crippen molar-refractivity contribution >= 4 is 0 Å². The summed E-state index contributed by atoms with van der Waals surface area (Å²) in [5.74, 6) is 0. The van der Waals surface area contributed by atoms with Gasteiger partial charge in [-0.25, -0.2) is 22.8 Å². The van der Waals surface area contributed by atoms with Crippen molar-refractivity contribution in [2.45, 2.75) is 179 Å². The molecule has 0 aliphatic heterocycles. The van der Waals surface area contributed by atoms with Crippen molar-refractivity contribution in [1.82, 2.24) is 0 Å². The van der Waals surface area contributed by atoms with E-state index in [0.717, 1.165) is 40.1 Å². The van der Waals surface area contributed by atoms with E-state index in [9.17, 15) is 0 Å². The topological polar surface area (TPSA) is 19.4 Å². The zero-order chi connectivity index (χ0) is 77.7. The molecular formula is C87H106N5+5. The molecule has 5 heterocycles. The number of aromatic nitrogens is 5. The van der Waals surface area contributed by atoms with E-state index >= 15 is 0 Å². The first-order valence-corrected chi connectivity index (χ1v) is 33.1. The largest absolute Gasteiger partial charge is 0.212 e. The zero-order valence-corrected chi connectivity index (χ0v) is 57.4. The van der Waals surface area contributed by atoms with Gasteiger partial charge in [0.1, 0.15) is 35.2 Å². The molecule has 0 bridgehead atoms. The van der Waals surface area contributed by atoms with Crippen LogP contribution in [0.3, 0.4) is 0 Å². The Labute approximate surface area is 573 Å². The van der Waals surface area contributed by atoms with Crippen molar-refractivity contribution in [2.24, 2.45) is 35.2 Å². The first-order valence-electron chi connectivity index (χ1n) is 40.1. The fourth-order valence-electron chi connectivity index (χ4n) is 13.7.